The Labute approximate surface area is 166 Å². The monoisotopic (exact) mass is 383 g/mol. The third kappa shape index (κ3) is 3.14. The van der Waals surface area contributed by atoms with Gasteiger partial charge in [-0.25, -0.2) is 0 Å². The lowest BCUT2D eigenvalue weighted by atomic mass is 9.72. The molecule has 1 saturated heterocycles. The van der Waals surface area contributed by atoms with Crippen molar-refractivity contribution in [3.05, 3.63) is 52.9 Å². The van der Waals surface area contributed by atoms with E-state index < -0.39 is 0 Å². The third-order valence-electron chi connectivity index (χ3n) is 6.14. The molecule has 28 heavy (non-hydrogen) atoms. The van der Waals surface area contributed by atoms with E-state index in [1.165, 1.54) is 5.56 Å². The van der Waals surface area contributed by atoms with Crippen LogP contribution in [0, 0.1) is 0 Å². The summed E-state index contributed by atoms with van der Waals surface area (Å²) >= 11 is 0. The van der Waals surface area contributed by atoms with E-state index in [2.05, 4.69) is 34.0 Å². The fourth-order valence-corrected chi connectivity index (χ4v) is 4.76. The normalized spacial score (nSPS) is 23.1. The van der Waals surface area contributed by atoms with Gasteiger partial charge in [-0.15, -0.1) is 0 Å². The Morgan fingerprint density at radius 3 is 2.79 bits per heavy atom. The van der Waals surface area contributed by atoms with Crippen molar-refractivity contribution in [2.45, 2.75) is 57.1 Å². The van der Waals surface area contributed by atoms with E-state index in [4.69, 9.17) is 9.26 Å². The molecule has 0 bridgehead atoms. The van der Waals surface area contributed by atoms with Gasteiger partial charge >= 0.3 is 0 Å². The quantitative estimate of drug-likeness (QED) is 0.828. The van der Waals surface area contributed by atoms with Crippen molar-refractivity contribution in [2.75, 3.05) is 19.7 Å². The van der Waals surface area contributed by atoms with Crippen LogP contribution in [0.25, 0.3) is 0 Å². The first-order valence-electron chi connectivity index (χ1n) is 10.3. The fourth-order valence-electron chi connectivity index (χ4n) is 4.76. The summed E-state index contributed by atoms with van der Waals surface area (Å²) in [4.78, 5) is 13.0. The van der Waals surface area contributed by atoms with Crippen LogP contribution in [0.4, 0.5) is 0 Å². The molecule has 1 amide bonds. The van der Waals surface area contributed by atoms with Crippen LogP contribution < -0.4 is 10.6 Å². The Hall–Kier alpha value is -2.18. The number of carbonyl (C=O) groups excluding carboxylic acids is 1. The molecule has 1 aliphatic carbocycles. The van der Waals surface area contributed by atoms with Crippen molar-refractivity contribution < 1.29 is 14.1 Å². The molecule has 1 aromatic carbocycles. The summed E-state index contributed by atoms with van der Waals surface area (Å²) < 4.78 is 11.6. The minimum absolute atomic E-state index is 0.0667. The van der Waals surface area contributed by atoms with Gasteiger partial charge in [0, 0.05) is 24.0 Å². The number of fused-ring (bicyclic) bond motifs is 2. The number of carbonyl (C=O) groups is 1. The standard InChI is InChI=1S/C22H29N3O3/c1-4-27-20-19(24-21(26)17-13-18(14(2)3)28-25-17)15-7-5-6-8-16(15)22(20)9-11-23-12-10-22/h5-8,13-14,19-20,23H,4,9-12H2,1-3H3,(H,24,26)/t19-,20+/m1/s1. The van der Waals surface area contributed by atoms with Gasteiger partial charge in [0.05, 0.1) is 12.1 Å². The minimum Gasteiger partial charge on any atom is -0.375 e. The molecule has 1 spiro atoms. The smallest absolute Gasteiger partial charge is 0.274 e. The highest BCUT2D eigenvalue weighted by Gasteiger charge is 2.53. The van der Waals surface area contributed by atoms with Gasteiger partial charge in [0.25, 0.3) is 5.91 Å². The highest BCUT2D eigenvalue weighted by Crippen LogP contribution is 2.51. The molecule has 1 fully saturated rings. The maximum atomic E-state index is 13.0. The predicted octanol–water partition coefficient (Wildman–Crippen LogP) is 3.31. The average molecular weight is 383 g/mol. The molecular weight excluding hydrogens is 354 g/mol. The van der Waals surface area contributed by atoms with Gasteiger partial charge in [-0.05, 0) is 44.0 Å². The molecule has 2 N–H and O–H groups in total. The van der Waals surface area contributed by atoms with Crippen LogP contribution in [-0.4, -0.2) is 36.9 Å². The van der Waals surface area contributed by atoms with E-state index >= 15 is 0 Å². The SMILES string of the molecule is CCO[C@H]1[C@H](NC(=O)c2cc(C(C)C)on2)c2ccccc2C12CCNCC2. The molecule has 6 nitrogen and oxygen atoms in total. The summed E-state index contributed by atoms with van der Waals surface area (Å²) in [5.74, 6) is 0.690. The topological polar surface area (TPSA) is 76.4 Å². The molecule has 6 heteroatoms. The number of nitrogens with one attached hydrogen (secondary N) is 2. The number of piperidine rings is 1. The lowest BCUT2D eigenvalue weighted by Gasteiger charge is -2.41. The molecule has 2 aromatic rings. The predicted molar refractivity (Wildman–Crippen MR) is 106 cm³/mol. The van der Waals surface area contributed by atoms with E-state index in [0.717, 1.165) is 31.5 Å². The first kappa shape index (κ1) is 19.2. The Balaban J connectivity index is 1.67. The van der Waals surface area contributed by atoms with E-state index in [-0.39, 0.29) is 29.4 Å². The summed E-state index contributed by atoms with van der Waals surface area (Å²) in [6, 6.07) is 9.98. The van der Waals surface area contributed by atoms with Gasteiger partial charge in [0.15, 0.2) is 5.69 Å². The summed E-state index contributed by atoms with van der Waals surface area (Å²) in [5.41, 5.74) is 2.72. The number of nitrogens with zero attached hydrogens (tertiary/aromatic N) is 1. The molecule has 2 atom stereocenters. The van der Waals surface area contributed by atoms with Gasteiger partial charge in [-0.2, -0.15) is 0 Å². The van der Waals surface area contributed by atoms with Crippen molar-refractivity contribution in [1.29, 1.82) is 0 Å². The largest absolute Gasteiger partial charge is 0.375 e. The Bertz CT molecular complexity index is 839. The van der Waals surface area contributed by atoms with Crippen LogP contribution in [0.1, 0.15) is 72.9 Å². The van der Waals surface area contributed by atoms with Gasteiger partial charge in [-0.1, -0.05) is 43.3 Å². The maximum absolute atomic E-state index is 13.0. The Kier molecular flexibility index (Phi) is 5.25. The van der Waals surface area contributed by atoms with Gasteiger partial charge < -0.3 is 19.9 Å². The highest BCUT2D eigenvalue weighted by atomic mass is 16.5. The first-order valence-corrected chi connectivity index (χ1v) is 10.3. The number of ether oxygens (including phenoxy) is 1. The zero-order valence-electron chi connectivity index (χ0n) is 16.8. The Morgan fingerprint density at radius 1 is 1.36 bits per heavy atom. The maximum Gasteiger partial charge on any atom is 0.274 e. The number of hydrogen-bond donors (Lipinski definition) is 2. The molecule has 2 aliphatic rings. The zero-order chi connectivity index (χ0) is 19.7. The molecule has 1 aliphatic heterocycles. The molecule has 0 saturated carbocycles. The van der Waals surface area contributed by atoms with Crippen molar-refractivity contribution in [3.63, 3.8) is 0 Å². The molecular formula is C22H29N3O3. The van der Waals surface area contributed by atoms with E-state index in [1.54, 1.807) is 6.07 Å². The molecule has 1 aromatic heterocycles. The van der Waals surface area contributed by atoms with Crippen LogP contribution in [0.15, 0.2) is 34.9 Å². The van der Waals surface area contributed by atoms with Crippen LogP contribution >= 0.6 is 0 Å². The Morgan fingerprint density at radius 2 is 2.11 bits per heavy atom. The van der Waals surface area contributed by atoms with Crippen LogP contribution in [0.2, 0.25) is 0 Å². The molecule has 4 rings (SSSR count). The second-order valence-corrected chi connectivity index (χ2v) is 8.09. The van der Waals surface area contributed by atoms with Crippen LogP contribution in [0.5, 0.6) is 0 Å². The number of benzene rings is 1. The van der Waals surface area contributed by atoms with Crippen molar-refractivity contribution >= 4 is 5.91 Å². The lowest BCUT2D eigenvalue weighted by Crippen LogP contribution is -2.49. The third-order valence-corrected chi connectivity index (χ3v) is 6.14. The van der Waals surface area contributed by atoms with Gasteiger partial charge in [-0.3, -0.25) is 4.79 Å². The second-order valence-electron chi connectivity index (χ2n) is 8.09. The minimum atomic E-state index is -0.217. The zero-order valence-corrected chi connectivity index (χ0v) is 16.8. The summed E-state index contributed by atoms with van der Waals surface area (Å²) in [6.45, 7) is 8.58. The van der Waals surface area contributed by atoms with E-state index in [9.17, 15) is 4.79 Å². The molecule has 150 valence electrons. The lowest BCUT2D eigenvalue weighted by molar-refractivity contribution is -0.0208. The average Bonchev–Trinajstić information content (AvgIpc) is 3.29. The van der Waals surface area contributed by atoms with E-state index in [1.807, 2.05) is 26.8 Å². The van der Waals surface area contributed by atoms with Crippen molar-refractivity contribution in [3.8, 4) is 0 Å². The summed E-state index contributed by atoms with van der Waals surface area (Å²) in [7, 11) is 0. The van der Waals surface area contributed by atoms with Gasteiger partial charge in [0.1, 0.15) is 5.76 Å². The number of rotatable bonds is 5. The summed E-state index contributed by atoms with van der Waals surface area (Å²) in [5, 5.41) is 10.6. The number of amides is 1. The van der Waals surface area contributed by atoms with E-state index in [0.29, 0.717) is 18.1 Å². The second kappa shape index (κ2) is 7.68. The van der Waals surface area contributed by atoms with Gasteiger partial charge in [0.2, 0.25) is 0 Å². The number of hydrogen-bond acceptors (Lipinski definition) is 5. The molecule has 2 heterocycles. The van der Waals surface area contributed by atoms with Crippen molar-refractivity contribution in [1.82, 2.24) is 15.8 Å². The summed E-state index contributed by atoms with van der Waals surface area (Å²) in [6.07, 6.45) is 1.92. The van der Waals surface area contributed by atoms with Crippen LogP contribution in [-0.2, 0) is 10.2 Å². The number of aromatic nitrogens is 1. The van der Waals surface area contributed by atoms with Crippen molar-refractivity contribution in [2.24, 2.45) is 0 Å². The highest BCUT2D eigenvalue weighted by molar-refractivity contribution is 5.92. The first-order chi connectivity index (χ1) is 13.6. The van der Waals surface area contributed by atoms with Crippen LogP contribution in [0.3, 0.4) is 0 Å². The fraction of sp³-hybridized carbons (Fsp3) is 0.545. The molecule has 0 radical (unpaired) electrons. The molecule has 0 unspecified atom stereocenters.